The number of amides is 1. The monoisotopic (exact) mass is 443 g/mol. The van der Waals surface area contributed by atoms with Gasteiger partial charge in [-0.05, 0) is 18.9 Å². The minimum atomic E-state index is -4.49. The topological polar surface area (TPSA) is 72.3 Å². The third-order valence-electron chi connectivity index (χ3n) is 5.74. The molecule has 1 saturated heterocycles. The second-order valence-electron chi connectivity index (χ2n) is 7.95. The van der Waals surface area contributed by atoms with Crippen LogP contribution in [-0.2, 0) is 11.0 Å². The van der Waals surface area contributed by atoms with Crippen molar-refractivity contribution in [2.75, 3.05) is 37.6 Å². The number of halogens is 4. The van der Waals surface area contributed by atoms with Crippen LogP contribution in [0, 0.1) is 11.3 Å². The second-order valence-corrected chi connectivity index (χ2v) is 8.35. The van der Waals surface area contributed by atoms with Crippen LogP contribution in [0.1, 0.15) is 44.1 Å². The van der Waals surface area contributed by atoms with Crippen LogP contribution in [0.5, 0.6) is 0 Å². The lowest BCUT2D eigenvalue weighted by molar-refractivity contribution is -0.137. The number of carbonyl (C=O) groups excluding carboxylic acids is 1. The number of hydrogen-bond acceptors (Lipinski definition) is 5. The molecule has 1 aromatic rings. The predicted molar refractivity (Wildman–Crippen MR) is 107 cm³/mol. The van der Waals surface area contributed by atoms with E-state index < -0.39 is 17.3 Å². The minimum absolute atomic E-state index is 0.0413. The Morgan fingerprint density at radius 1 is 1.20 bits per heavy atom. The smallest absolute Gasteiger partial charge is 0.353 e. The third kappa shape index (κ3) is 5.55. The molecule has 0 aromatic carbocycles. The first-order valence-corrected chi connectivity index (χ1v) is 10.5. The zero-order chi connectivity index (χ0) is 21.8. The van der Waals surface area contributed by atoms with Gasteiger partial charge < -0.3 is 10.2 Å². The molecule has 1 aliphatic carbocycles. The van der Waals surface area contributed by atoms with Crippen molar-refractivity contribution in [3.8, 4) is 6.07 Å². The van der Waals surface area contributed by atoms with Crippen molar-refractivity contribution < 1.29 is 18.0 Å². The van der Waals surface area contributed by atoms with E-state index in [1.807, 2.05) is 9.80 Å². The van der Waals surface area contributed by atoms with Crippen LogP contribution in [0.25, 0.3) is 0 Å². The lowest BCUT2D eigenvalue weighted by Crippen LogP contribution is -2.53. The fourth-order valence-corrected chi connectivity index (χ4v) is 4.33. The number of nitriles is 1. The van der Waals surface area contributed by atoms with Gasteiger partial charge in [0.1, 0.15) is 11.4 Å². The summed E-state index contributed by atoms with van der Waals surface area (Å²) in [7, 11) is 0. The Bertz CT molecular complexity index is 795. The average molecular weight is 444 g/mol. The third-order valence-corrected chi connectivity index (χ3v) is 6.02. The number of anilines is 1. The second kappa shape index (κ2) is 9.40. The number of rotatable bonds is 4. The first-order chi connectivity index (χ1) is 14.2. The Morgan fingerprint density at radius 3 is 2.37 bits per heavy atom. The number of hydrogen-bond donors (Lipinski definition) is 1. The molecular formula is C20H25ClF3N5O. The highest BCUT2D eigenvalue weighted by Crippen LogP contribution is 2.33. The summed E-state index contributed by atoms with van der Waals surface area (Å²) >= 11 is 6.03. The molecule has 0 unspecified atom stereocenters. The van der Waals surface area contributed by atoms with E-state index in [0.717, 1.165) is 37.9 Å². The molecule has 0 radical (unpaired) electrons. The van der Waals surface area contributed by atoms with Crippen LogP contribution in [0.2, 0.25) is 5.02 Å². The minimum Gasteiger partial charge on any atom is -0.353 e. The summed E-state index contributed by atoms with van der Waals surface area (Å²) in [4.78, 5) is 20.2. The van der Waals surface area contributed by atoms with Gasteiger partial charge >= 0.3 is 6.18 Å². The van der Waals surface area contributed by atoms with E-state index in [1.54, 1.807) is 0 Å². The van der Waals surface area contributed by atoms with Gasteiger partial charge in [0.05, 0.1) is 23.2 Å². The molecule has 3 rings (SSSR count). The van der Waals surface area contributed by atoms with E-state index in [-0.39, 0.29) is 17.5 Å². The molecule has 0 bridgehead atoms. The molecule has 1 N–H and O–H groups in total. The number of pyridine rings is 1. The van der Waals surface area contributed by atoms with E-state index in [0.29, 0.717) is 44.8 Å². The lowest BCUT2D eigenvalue weighted by atomic mass is 9.92. The van der Waals surface area contributed by atoms with Gasteiger partial charge in [0.15, 0.2) is 0 Å². The number of carbonyl (C=O) groups is 1. The normalized spacial score (nSPS) is 20.3. The maximum atomic E-state index is 12.8. The summed E-state index contributed by atoms with van der Waals surface area (Å²) in [5, 5.41) is 12.5. The Labute approximate surface area is 179 Å². The Kier molecular flexibility index (Phi) is 7.09. The van der Waals surface area contributed by atoms with Crippen molar-refractivity contribution in [1.82, 2.24) is 15.2 Å². The van der Waals surface area contributed by atoms with E-state index >= 15 is 0 Å². The summed E-state index contributed by atoms with van der Waals surface area (Å²) in [5.41, 5.74) is -1.65. The standard InChI is InChI=1S/C20H25ClF3N5O/c21-16-11-15(20(22,23)24)12-26-18(16)29-9-7-28(8-10-29)13-17(30)27-19(14-25)5-3-1-2-4-6-19/h11-12H,1-10,13H2,(H,27,30). The van der Waals surface area contributed by atoms with Crippen LogP contribution < -0.4 is 10.2 Å². The molecular weight excluding hydrogens is 419 g/mol. The van der Waals surface area contributed by atoms with Gasteiger partial charge in [-0.25, -0.2) is 4.98 Å². The van der Waals surface area contributed by atoms with Gasteiger partial charge in [0.25, 0.3) is 0 Å². The summed E-state index contributed by atoms with van der Waals surface area (Å²) in [6, 6.07) is 3.20. The summed E-state index contributed by atoms with van der Waals surface area (Å²) in [5.74, 6) is 0.147. The predicted octanol–water partition coefficient (Wildman–Crippen LogP) is 3.61. The zero-order valence-electron chi connectivity index (χ0n) is 16.6. The number of alkyl halides is 3. The molecule has 0 atom stereocenters. The highest BCUT2D eigenvalue weighted by atomic mass is 35.5. The van der Waals surface area contributed by atoms with Gasteiger partial charge in [0, 0.05) is 32.4 Å². The van der Waals surface area contributed by atoms with E-state index in [2.05, 4.69) is 16.4 Å². The van der Waals surface area contributed by atoms with Gasteiger partial charge in [0.2, 0.25) is 5.91 Å². The van der Waals surface area contributed by atoms with Crippen molar-refractivity contribution in [2.45, 2.75) is 50.2 Å². The first kappa shape index (κ1) is 22.6. The summed E-state index contributed by atoms with van der Waals surface area (Å²) in [6.07, 6.45) is 1.71. The van der Waals surface area contributed by atoms with Crippen LogP contribution >= 0.6 is 11.6 Å². The number of nitrogens with zero attached hydrogens (tertiary/aromatic N) is 4. The molecule has 164 valence electrons. The molecule has 1 saturated carbocycles. The maximum absolute atomic E-state index is 12.8. The van der Waals surface area contributed by atoms with Crippen LogP contribution in [-0.4, -0.2) is 54.1 Å². The molecule has 0 spiro atoms. The highest BCUT2D eigenvalue weighted by Gasteiger charge is 2.34. The summed E-state index contributed by atoms with van der Waals surface area (Å²) in [6.45, 7) is 2.27. The van der Waals surface area contributed by atoms with Gasteiger partial charge in [-0.3, -0.25) is 9.69 Å². The van der Waals surface area contributed by atoms with E-state index in [1.165, 1.54) is 0 Å². The molecule has 2 heterocycles. The Hall–Kier alpha value is -2.05. The van der Waals surface area contributed by atoms with E-state index in [4.69, 9.17) is 11.6 Å². The van der Waals surface area contributed by atoms with Gasteiger partial charge in [-0.15, -0.1) is 0 Å². The number of nitrogens with one attached hydrogen (secondary N) is 1. The molecule has 10 heteroatoms. The number of aromatic nitrogens is 1. The largest absolute Gasteiger partial charge is 0.417 e. The molecule has 2 aliphatic rings. The average Bonchev–Trinajstić information content (AvgIpc) is 2.94. The van der Waals surface area contributed by atoms with Crippen molar-refractivity contribution in [3.63, 3.8) is 0 Å². The fourth-order valence-electron chi connectivity index (χ4n) is 4.04. The molecule has 2 fully saturated rings. The highest BCUT2D eigenvalue weighted by molar-refractivity contribution is 6.33. The van der Waals surface area contributed by atoms with Gasteiger partial charge in [-0.1, -0.05) is 37.3 Å². The molecule has 6 nitrogen and oxygen atoms in total. The fraction of sp³-hybridized carbons (Fsp3) is 0.650. The van der Waals surface area contributed by atoms with Crippen LogP contribution in [0.4, 0.5) is 19.0 Å². The van der Waals surface area contributed by atoms with E-state index in [9.17, 15) is 23.2 Å². The Morgan fingerprint density at radius 2 is 1.83 bits per heavy atom. The SMILES string of the molecule is N#CC1(NC(=O)CN2CCN(c3ncc(C(F)(F)F)cc3Cl)CC2)CCCCCC1. The van der Waals surface area contributed by atoms with Crippen molar-refractivity contribution in [2.24, 2.45) is 0 Å². The first-order valence-electron chi connectivity index (χ1n) is 10.1. The Balaban J connectivity index is 1.53. The molecule has 1 aliphatic heterocycles. The number of piperazine rings is 1. The van der Waals surface area contributed by atoms with Crippen molar-refractivity contribution in [1.29, 1.82) is 5.26 Å². The van der Waals surface area contributed by atoms with Crippen molar-refractivity contribution in [3.05, 3.63) is 22.8 Å². The maximum Gasteiger partial charge on any atom is 0.417 e. The van der Waals surface area contributed by atoms with Crippen molar-refractivity contribution >= 4 is 23.3 Å². The van der Waals surface area contributed by atoms with Crippen LogP contribution in [0.15, 0.2) is 12.3 Å². The van der Waals surface area contributed by atoms with Gasteiger partial charge in [-0.2, -0.15) is 18.4 Å². The lowest BCUT2D eigenvalue weighted by Gasteiger charge is -2.36. The zero-order valence-corrected chi connectivity index (χ0v) is 17.4. The molecule has 30 heavy (non-hydrogen) atoms. The quantitative estimate of drug-likeness (QED) is 0.720. The molecule has 1 amide bonds. The summed E-state index contributed by atoms with van der Waals surface area (Å²) < 4.78 is 38.3. The molecule has 1 aromatic heterocycles. The van der Waals surface area contributed by atoms with Crippen LogP contribution in [0.3, 0.4) is 0 Å².